The number of hydrogen-bond donors (Lipinski definition) is 1. The molecule has 0 aliphatic heterocycles. The van der Waals surface area contributed by atoms with Crippen LogP contribution in [0, 0.1) is 5.82 Å². The Morgan fingerprint density at radius 1 is 1.41 bits per heavy atom. The van der Waals surface area contributed by atoms with E-state index in [9.17, 15) is 4.39 Å². The van der Waals surface area contributed by atoms with Gasteiger partial charge < -0.3 is 10.5 Å². The lowest BCUT2D eigenvalue weighted by Crippen LogP contribution is -2.33. The van der Waals surface area contributed by atoms with Crippen LogP contribution in [0.25, 0.3) is 0 Å². The third-order valence-corrected chi connectivity index (χ3v) is 2.71. The second kappa shape index (κ2) is 5.94. The van der Waals surface area contributed by atoms with Crippen LogP contribution in [0.15, 0.2) is 22.7 Å². The highest BCUT2D eigenvalue weighted by molar-refractivity contribution is 9.10. The summed E-state index contributed by atoms with van der Waals surface area (Å²) in [6, 6.07) is 4.68. The maximum absolute atomic E-state index is 13.5. The van der Waals surface area contributed by atoms with Crippen LogP contribution < -0.4 is 5.73 Å². The Kier molecular flexibility index (Phi) is 5.10. The van der Waals surface area contributed by atoms with Crippen LogP contribution in [-0.4, -0.2) is 18.2 Å². The molecule has 96 valence electrons. The molecule has 17 heavy (non-hydrogen) atoms. The molecule has 1 atom stereocenters. The lowest BCUT2D eigenvalue weighted by molar-refractivity contribution is -0.00989. The van der Waals surface area contributed by atoms with Gasteiger partial charge in [-0.1, -0.05) is 15.9 Å². The monoisotopic (exact) mass is 303 g/mol. The first-order chi connectivity index (χ1) is 7.78. The smallest absolute Gasteiger partial charge is 0.126 e. The van der Waals surface area contributed by atoms with E-state index in [1.807, 2.05) is 20.8 Å². The van der Waals surface area contributed by atoms with E-state index in [4.69, 9.17) is 10.5 Å². The van der Waals surface area contributed by atoms with Crippen LogP contribution in [0.2, 0.25) is 0 Å². The Balaban J connectivity index is 2.56. The molecule has 0 fully saturated rings. The summed E-state index contributed by atoms with van der Waals surface area (Å²) in [6.45, 7) is 6.34. The van der Waals surface area contributed by atoms with Crippen molar-refractivity contribution in [1.29, 1.82) is 0 Å². The van der Waals surface area contributed by atoms with Crippen molar-refractivity contribution in [3.05, 3.63) is 34.1 Å². The molecule has 1 aromatic rings. The predicted octanol–water partition coefficient (Wildman–Crippen LogP) is 3.27. The summed E-state index contributed by atoms with van der Waals surface area (Å²) in [7, 11) is 0. The molecule has 0 spiro atoms. The highest BCUT2D eigenvalue weighted by Crippen LogP contribution is 2.17. The molecule has 0 saturated heterocycles. The van der Waals surface area contributed by atoms with Gasteiger partial charge in [0.15, 0.2) is 0 Å². The van der Waals surface area contributed by atoms with E-state index in [0.717, 1.165) is 4.47 Å². The molecule has 0 saturated carbocycles. The second-order valence-corrected chi connectivity index (χ2v) is 6.04. The lowest BCUT2D eigenvalue weighted by Gasteiger charge is -2.22. The van der Waals surface area contributed by atoms with Gasteiger partial charge in [-0.3, -0.25) is 0 Å². The first-order valence-corrected chi connectivity index (χ1v) is 6.41. The zero-order valence-electron chi connectivity index (χ0n) is 10.5. The predicted molar refractivity (Wildman–Crippen MR) is 71.5 cm³/mol. The molecule has 4 heteroatoms. The van der Waals surface area contributed by atoms with Crippen LogP contribution in [-0.2, 0) is 11.2 Å². The number of nitrogens with two attached hydrogens (primary N) is 1. The van der Waals surface area contributed by atoms with Crippen LogP contribution in [0.3, 0.4) is 0 Å². The van der Waals surface area contributed by atoms with Gasteiger partial charge in [0.05, 0.1) is 12.2 Å². The minimum Gasteiger partial charge on any atom is -0.374 e. The van der Waals surface area contributed by atoms with Crippen LogP contribution in [0.4, 0.5) is 4.39 Å². The van der Waals surface area contributed by atoms with Gasteiger partial charge in [0, 0.05) is 10.5 Å². The zero-order valence-corrected chi connectivity index (χ0v) is 12.1. The summed E-state index contributed by atoms with van der Waals surface area (Å²) in [4.78, 5) is 0. The van der Waals surface area contributed by atoms with Crippen molar-refractivity contribution in [2.45, 2.75) is 38.8 Å². The molecule has 0 bridgehead atoms. The van der Waals surface area contributed by atoms with Gasteiger partial charge in [-0.25, -0.2) is 4.39 Å². The zero-order chi connectivity index (χ0) is 13.1. The molecule has 0 aliphatic rings. The maximum Gasteiger partial charge on any atom is 0.126 e. The molecule has 0 aliphatic carbocycles. The summed E-state index contributed by atoms with van der Waals surface area (Å²) >= 11 is 3.32. The van der Waals surface area contributed by atoms with Crippen molar-refractivity contribution in [2.24, 2.45) is 5.73 Å². The highest BCUT2D eigenvalue weighted by Gasteiger charge is 2.14. The van der Waals surface area contributed by atoms with Crippen LogP contribution in [0.5, 0.6) is 0 Å². The van der Waals surface area contributed by atoms with E-state index in [0.29, 0.717) is 18.6 Å². The van der Waals surface area contributed by atoms with E-state index in [2.05, 4.69) is 15.9 Å². The third-order valence-electron chi connectivity index (χ3n) is 2.22. The normalized spacial score (nSPS) is 13.8. The highest BCUT2D eigenvalue weighted by atomic mass is 79.9. The molecule has 0 heterocycles. The largest absolute Gasteiger partial charge is 0.374 e. The summed E-state index contributed by atoms with van der Waals surface area (Å²) < 4.78 is 19.9. The quantitative estimate of drug-likeness (QED) is 0.926. The SMILES string of the molecule is CC(C)(C)OCC(N)Cc1cc(Br)ccc1F. The van der Waals surface area contributed by atoms with Gasteiger partial charge in [-0.15, -0.1) is 0 Å². The standard InChI is InChI=1S/C13H19BrFNO/c1-13(2,3)17-8-11(16)7-9-6-10(14)4-5-12(9)15/h4-6,11H,7-8,16H2,1-3H3. The van der Waals surface area contributed by atoms with Gasteiger partial charge >= 0.3 is 0 Å². The fourth-order valence-electron chi connectivity index (χ4n) is 1.40. The van der Waals surface area contributed by atoms with E-state index >= 15 is 0 Å². The molecule has 0 amide bonds. The number of ether oxygens (including phenoxy) is 1. The Morgan fingerprint density at radius 3 is 2.65 bits per heavy atom. The third kappa shape index (κ3) is 5.61. The van der Waals surface area contributed by atoms with Gasteiger partial charge in [0.25, 0.3) is 0 Å². The topological polar surface area (TPSA) is 35.2 Å². The van der Waals surface area contributed by atoms with E-state index < -0.39 is 0 Å². The van der Waals surface area contributed by atoms with Crippen molar-refractivity contribution >= 4 is 15.9 Å². The summed E-state index contributed by atoms with van der Waals surface area (Å²) in [5.74, 6) is -0.223. The van der Waals surface area contributed by atoms with Crippen molar-refractivity contribution in [2.75, 3.05) is 6.61 Å². The molecular weight excluding hydrogens is 285 g/mol. The summed E-state index contributed by atoms with van der Waals surface area (Å²) in [6.07, 6.45) is 0.474. The van der Waals surface area contributed by atoms with E-state index in [-0.39, 0.29) is 17.5 Å². The van der Waals surface area contributed by atoms with Crippen molar-refractivity contribution in [1.82, 2.24) is 0 Å². The molecule has 1 aromatic carbocycles. The Hall–Kier alpha value is -0.450. The van der Waals surface area contributed by atoms with Crippen LogP contribution >= 0.6 is 15.9 Å². The van der Waals surface area contributed by atoms with E-state index in [1.54, 1.807) is 12.1 Å². The molecule has 2 nitrogen and oxygen atoms in total. The molecule has 1 unspecified atom stereocenters. The Labute approximate surface area is 110 Å². The average molecular weight is 304 g/mol. The molecule has 0 aromatic heterocycles. The van der Waals surface area contributed by atoms with Gasteiger partial charge in [0.2, 0.25) is 0 Å². The Bertz CT molecular complexity index is 376. The van der Waals surface area contributed by atoms with Gasteiger partial charge in [-0.2, -0.15) is 0 Å². The number of rotatable bonds is 4. The average Bonchev–Trinajstić information content (AvgIpc) is 2.20. The number of halogens is 2. The van der Waals surface area contributed by atoms with Crippen LogP contribution in [0.1, 0.15) is 26.3 Å². The minimum atomic E-state index is -0.223. The fourth-order valence-corrected chi connectivity index (χ4v) is 1.81. The molecule has 0 radical (unpaired) electrons. The first kappa shape index (κ1) is 14.6. The van der Waals surface area contributed by atoms with Crippen molar-refractivity contribution in [3.63, 3.8) is 0 Å². The summed E-state index contributed by atoms with van der Waals surface area (Å²) in [5, 5.41) is 0. The second-order valence-electron chi connectivity index (χ2n) is 5.12. The Morgan fingerprint density at radius 2 is 2.06 bits per heavy atom. The van der Waals surface area contributed by atoms with Crippen molar-refractivity contribution in [3.8, 4) is 0 Å². The summed E-state index contributed by atoms with van der Waals surface area (Å²) in [5.41, 5.74) is 6.33. The lowest BCUT2D eigenvalue weighted by atomic mass is 10.1. The fraction of sp³-hybridized carbons (Fsp3) is 0.538. The molecule has 1 rings (SSSR count). The molecular formula is C13H19BrFNO. The number of benzene rings is 1. The number of hydrogen-bond acceptors (Lipinski definition) is 2. The van der Waals surface area contributed by atoms with E-state index in [1.165, 1.54) is 6.07 Å². The van der Waals surface area contributed by atoms with Gasteiger partial charge in [0.1, 0.15) is 5.82 Å². The minimum absolute atomic E-state index is 0.196. The first-order valence-electron chi connectivity index (χ1n) is 5.61. The van der Waals surface area contributed by atoms with Gasteiger partial charge in [-0.05, 0) is 51.0 Å². The molecule has 2 N–H and O–H groups in total. The maximum atomic E-state index is 13.5. The van der Waals surface area contributed by atoms with Crippen molar-refractivity contribution < 1.29 is 9.13 Å².